The van der Waals surface area contributed by atoms with Crippen molar-refractivity contribution in [3.05, 3.63) is 46.6 Å². The monoisotopic (exact) mass is 348 g/mol. The number of alkyl halides is 3. The van der Waals surface area contributed by atoms with Crippen LogP contribution in [0.1, 0.15) is 5.56 Å². The van der Waals surface area contributed by atoms with Crippen molar-refractivity contribution in [3.63, 3.8) is 0 Å². The molecule has 0 spiro atoms. The van der Waals surface area contributed by atoms with Gasteiger partial charge in [0.2, 0.25) is 0 Å². The fourth-order valence-corrected chi connectivity index (χ4v) is 2.65. The molecular weight excluding hydrogens is 341 g/mol. The van der Waals surface area contributed by atoms with E-state index in [1.54, 1.807) is 24.3 Å². The Kier molecular flexibility index (Phi) is 4.05. The van der Waals surface area contributed by atoms with Crippen LogP contribution in [-0.4, -0.2) is 4.98 Å². The molecule has 1 heterocycles. The summed E-state index contributed by atoms with van der Waals surface area (Å²) in [7, 11) is 0. The Morgan fingerprint density at radius 3 is 2.53 bits per heavy atom. The summed E-state index contributed by atoms with van der Waals surface area (Å²) in [6.45, 7) is 0. The molecule has 0 aliphatic rings. The number of benzene rings is 1. The van der Waals surface area contributed by atoms with Gasteiger partial charge >= 0.3 is 6.18 Å². The number of pyridine rings is 1. The second-order valence-electron chi connectivity index (χ2n) is 3.64. The highest BCUT2D eigenvalue weighted by Gasteiger charge is 2.34. The van der Waals surface area contributed by atoms with E-state index in [2.05, 4.69) is 20.9 Å². The van der Waals surface area contributed by atoms with Gasteiger partial charge < -0.3 is 5.73 Å². The number of hydrogen-bond donors (Lipinski definition) is 1. The highest BCUT2D eigenvalue weighted by Crippen LogP contribution is 2.40. The van der Waals surface area contributed by atoms with Crippen molar-refractivity contribution < 1.29 is 13.2 Å². The molecule has 7 heteroatoms. The number of halogens is 4. The minimum atomic E-state index is -4.46. The molecule has 0 radical (unpaired) electrons. The number of nitrogens with zero attached hydrogens (tertiary/aromatic N) is 1. The van der Waals surface area contributed by atoms with Gasteiger partial charge in [0.05, 0.1) is 5.56 Å². The lowest BCUT2D eigenvalue weighted by atomic mass is 10.3. The molecule has 0 aliphatic carbocycles. The molecule has 2 N–H and O–H groups in total. The Labute approximate surface area is 120 Å². The maximum absolute atomic E-state index is 12.9. The molecule has 0 fully saturated rings. The van der Waals surface area contributed by atoms with Gasteiger partial charge in [0.25, 0.3) is 0 Å². The van der Waals surface area contributed by atoms with Crippen molar-refractivity contribution in [1.29, 1.82) is 0 Å². The zero-order valence-corrected chi connectivity index (χ0v) is 11.8. The van der Waals surface area contributed by atoms with Gasteiger partial charge in [-0.05, 0) is 34.1 Å². The van der Waals surface area contributed by atoms with E-state index in [-0.39, 0.29) is 9.50 Å². The van der Waals surface area contributed by atoms with E-state index in [1.165, 1.54) is 6.20 Å². The van der Waals surface area contributed by atoms with E-state index in [9.17, 15) is 13.2 Å². The van der Waals surface area contributed by atoms with E-state index >= 15 is 0 Å². The summed E-state index contributed by atoms with van der Waals surface area (Å²) in [5, 5.41) is -0.117. The summed E-state index contributed by atoms with van der Waals surface area (Å²) in [5.41, 5.74) is 5.36. The first-order valence-corrected chi connectivity index (χ1v) is 6.74. The Hall–Kier alpha value is -1.21. The number of anilines is 1. The van der Waals surface area contributed by atoms with Gasteiger partial charge in [-0.1, -0.05) is 23.9 Å². The van der Waals surface area contributed by atoms with E-state index in [1.807, 2.05) is 0 Å². The minimum absolute atomic E-state index is 0.117. The van der Waals surface area contributed by atoms with Crippen molar-refractivity contribution in [2.75, 3.05) is 5.73 Å². The average Bonchev–Trinajstić information content (AvgIpc) is 2.33. The molecule has 1 aromatic heterocycles. The Balaban J connectivity index is 2.44. The van der Waals surface area contributed by atoms with Crippen LogP contribution < -0.4 is 5.73 Å². The minimum Gasteiger partial charge on any atom is -0.398 e. The summed E-state index contributed by atoms with van der Waals surface area (Å²) < 4.78 is 39.1. The SMILES string of the molecule is Nc1ccccc1Sc1ncc(Br)cc1C(F)(F)F. The number of nitrogens with two attached hydrogens (primary N) is 1. The maximum Gasteiger partial charge on any atom is 0.419 e. The van der Waals surface area contributed by atoms with Crippen molar-refractivity contribution in [3.8, 4) is 0 Å². The molecule has 0 saturated heterocycles. The molecule has 2 aromatic rings. The van der Waals surface area contributed by atoms with Crippen LogP contribution in [0.4, 0.5) is 18.9 Å². The van der Waals surface area contributed by atoms with Crippen LogP contribution in [0, 0.1) is 0 Å². The first-order chi connectivity index (χ1) is 8.88. The molecule has 2 rings (SSSR count). The maximum atomic E-state index is 12.9. The zero-order chi connectivity index (χ0) is 14.0. The smallest absolute Gasteiger partial charge is 0.398 e. The van der Waals surface area contributed by atoms with Crippen LogP contribution in [0.25, 0.3) is 0 Å². The lowest BCUT2D eigenvalue weighted by Crippen LogP contribution is -2.08. The standard InChI is InChI=1S/C12H8BrF3N2S/c13-7-5-8(12(14,15)16)11(18-6-7)19-10-4-2-1-3-9(10)17/h1-6H,17H2. The zero-order valence-electron chi connectivity index (χ0n) is 9.41. The number of nitrogen functional groups attached to an aromatic ring is 1. The van der Waals surface area contributed by atoms with Crippen LogP contribution >= 0.6 is 27.7 Å². The summed E-state index contributed by atoms with van der Waals surface area (Å²) in [6, 6.07) is 7.73. The first-order valence-electron chi connectivity index (χ1n) is 5.13. The molecule has 1 aromatic carbocycles. The summed E-state index contributed by atoms with van der Waals surface area (Å²) in [5.74, 6) is 0. The van der Waals surface area contributed by atoms with Crippen molar-refractivity contribution in [2.45, 2.75) is 16.1 Å². The lowest BCUT2D eigenvalue weighted by molar-refractivity contribution is -0.140. The number of para-hydroxylation sites is 1. The van der Waals surface area contributed by atoms with Crippen LogP contribution in [-0.2, 0) is 6.18 Å². The normalized spacial score (nSPS) is 11.6. The average molecular weight is 349 g/mol. The Bertz CT molecular complexity index is 602. The van der Waals surface area contributed by atoms with E-state index < -0.39 is 11.7 Å². The molecule has 100 valence electrons. The van der Waals surface area contributed by atoms with Gasteiger partial charge in [-0.2, -0.15) is 13.2 Å². The molecule has 0 saturated carbocycles. The van der Waals surface area contributed by atoms with Crippen LogP contribution in [0.3, 0.4) is 0 Å². The Morgan fingerprint density at radius 2 is 1.89 bits per heavy atom. The summed E-state index contributed by atoms with van der Waals surface area (Å²) in [4.78, 5) is 4.37. The van der Waals surface area contributed by atoms with Crippen molar-refractivity contribution in [1.82, 2.24) is 4.98 Å². The second-order valence-corrected chi connectivity index (χ2v) is 5.59. The van der Waals surface area contributed by atoms with Crippen molar-refractivity contribution in [2.24, 2.45) is 0 Å². The topological polar surface area (TPSA) is 38.9 Å². The number of rotatable bonds is 2. The van der Waals surface area contributed by atoms with Gasteiger partial charge in [0.1, 0.15) is 5.03 Å². The third-order valence-electron chi connectivity index (χ3n) is 2.25. The summed E-state index contributed by atoms with van der Waals surface area (Å²) in [6.07, 6.45) is -3.13. The molecule has 19 heavy (non-hydrogen) atoms. The quantitative estimate of drug-likeness (QED) is 0.806. The fourth-order valence-electron chi connectivity index (χ4n) is 1.39. The van der Waals surface area contributed by atoms with E-state index in [0.717, 1.165) is 17.8 Å². The highest BCUT2D eigenvalue weighted by molar-refractivity contribution is 9.10. The summed E-state index contributed by atoms with van der Waals surface area (Å²) >= 11 is 3.89. The number of aromatic nitrogens is 1. The highest BCUT2D eigenvalue weighted by atomic mass is 79.9. The van der Waals surface area contributed by atoms with Gasteiger partial charge in [-0.25, -0.2) is 4.98 Å². The number of hydrogen-bond acceptors (Lipinski definition) is 3. The lowest BCUT2D eigenvalue weighted by Gasteiger charge is -2.12. The molecular formula is C12H8BrF3N2S. The molecule has 2 nitrogen and oxygen atoms in total. The third kappa shape index (κ3) is 3.42. The third-order valence-corrected chi connectivity index (χ3v) is 3.79. The second kappa shape index (κ2) is 5.42. The van der Waals surface area contributed by atoms with E-state index in [4.69, 9.17) is 5.73 Å². The fraction of sp³-hybridized carbons (Fsp3) is 0.0833. The predicted molar refractivity (Wildman–Crippen MR) is 71.9 cm³/mol. The van der Waals surface area contributed by atoms with Gasteiger partial charge in [-0.15, -0.1) is 0 Å². The first kappa shape index (κ1) is 14.2. The van der Waals surface area contributed by atoms with Crippen LogP contribution in [0.5, 0.6) is 0 Å². The van der Waals surface area contributed by atoms with Crippen molar-refractivity contribution >= 4 is 33.4 Å². The molecule has 0 bridgehead atoms. The molecule has 0 unspecified atom stereocenters. The van der Waals surface area contributed by atoms with Gasteiger partial charge in [0, 0.05) is 21.3 Å². The molecule has 0 amide bonds. The van der Waals surface area contributed by atoms with Gasteiger partial charge in [-0.3, -0.25) is 0 Å². The largest absolute Gasteiger partial charge is 0.419 e. The predicted octanol–water partition coefficient (Wildman–Crippen LogP) is 4.60. The van der Waals surface area contributed by atoms with E-state index in [0.29, 0.717) is 10.6 Å². The van der Waals surface area contributed by atoms with Gasteiger partial charge in [0.15, 0.2) is 0 Å². The van der Waals surface area contributed by atoms with Crippen LogP contribution in [0.15, 0.2) is 50.9 Å². The van der Waals surface area contributed by atoms with Crippen LogP contribution in [0.2, 0.25) is 0 Å². The molecule has 0 aliphatic heterocycles. The Morgan fingerprint density at radius 1 is 1.21 bits per heavy atom. The molecule has 0 atom stereocenters.